The number of nitrogens with zero attached hydrogens (tertiary/aromatic N) is 1. The lowest BCUT2D eigenvalue weighted by atomic mass is 9.88. The highest BCUT2D eigenvalue weighted by Crippen LogP contribution is 2.47. The summed E-state index contributed by atoms with van der Waals surface area (Å²) < 4.78 is 11.6. The highest BCUT2D eigenvalue weighted by atomic mass is 35.5. The molecule has 0 bridgehead atoms. The summed E-state index contributed by atoms with van der Waals surface area (Å²) in [4.78, 5) is 0. The third-order valence-electron chi connectivity index (χ3n) is 3.93. The number of allylic oxidation sites excluding steroid dienone is 1. The summed E-state index contributed by atoms with van der Waals surface area (Å²) in [6, 6.07) is 17.0. The predicted octanol–water partition coefficient (Wildman–Crippen LogP) is 4.30. The topological polar surface area (TPSA) is 72.2 Å². The zero-order valence-corrected chi connectivity index (χ0v) is 12.7. The summed E-state index contributed by atoms with van der Waals surface area (Å²) in [5, 5.41) is 11.0. The lowest BCUT2D eigenvalue weighted by molar-refractivity contribution is 0.372. The van der Waals surface area contributed by atoms with Gasteiger partial charge < -0.3 is 14.9 Å². The van der Waals surface area contributed by atoms with Gasteiger partial charge in [0.1, 0.15) is 17.2 Å². The summed E-state index contributed by atoms with van der Waals surface area (Å²) in [6.45, 7) is 0. The van der Waals surface area contributed by atoms with Crippen molar-refractivity contribution in [1.82, 2.24) is 0 Å². The monoisotopic (exact) mass is 322 g/mol. The summed E-state index contributed by atoms with van der Waals surface area (Å²) in [7, 11) is 0. The van der Waals surface area contributed by atoms with Crippen LogP contribution in [0.2, 0.25) is 5.02 Å². The number of benzene rings is 2. The van der Waals surface area contributed by atoms with E-state index in [0.717, 1.165) is 10.9 Å². The average molecular weight is 323 g/mol. The number of rotatable bonds is 1. The smallest absolute Gasteiger partial charge is 0.206 e. The molecule has 23 heavy (non-hydrogen) atoms. The van der Waals surface area contributed by atoms with Crippen LogP contribution in [0.5, 0.6) is 5.75 Å². The van der Waals surface area contributed by atoms with Gasteiger partial charge in [0, 0.05) is 5.02 Å². The molecule has 0 saturated carbocycles. The zero-order valence-electron chi connectivity index (χ0n) is 11.9. The number of para-hydroxylation sites is 1. The van der Waals surface area contributed by atoms with Crippen molar-refractivity contribution >= 4 is 22.6 Å². The SMILES string of the molecule is N#CC1=C(N)Oc2c(oc3ccccc23)C1c1ccc(Cl)cc1. The minimum Gasteiger partial charge on any atom is -0.456 e. The van der Waals surface area contributed by atoms with Crippen LogP contribution in [0.4, 0.5) is 0 Å². The second-order valence-corrected chi connectivity index (χ2v) is 5.70. The first-order chi connectivity index (χ1) is 11.2. The summed E-state index contributed by atoms with van der Waals surface area (Å²) in [5.41, 5.74) is 7.88. The van der Waals surface area contributed by atoms with Gasteiger partial charge in [-0.3, -0.25) is 0 Å². The van der Waals surface area contributed by atoms with E-state index >= 15 is 0 Å². The van der Waals surface area contributed by atoms with Crippen LogP contribution in [0.25, 0.3) is 11.0 Å². The number of fused-ring (bicyclic) bond motifs is 3. The molecule has 0 spiro atoms. The zero-order chi connectivity index (χ0) is 16.0. The number of ether oxygens (including phenoxy) is 1. The van der Waals surface area contributed by atoms with Gasteiger partial charge in [-0.1, -0.05) is 35.9 Å². The van der Waals surface area contributed by atoms with Gasteiger partial charge in [-0.05, 0) is 29.8 Å². The molecule has 4 nitrogen and oxygen atoms in total. The van der Waals surface area contributed by atoms with Crippen molar-refractivity contribution in [2.45, 2.75) is 5.92 Å². The maximum absolute atomic E-state index is 9.51. The van der Waals surface area contributed by atoms with Crippen LogP contribution in [0, 0.1) is 11.3 Å². The van der Waals surface area contributed by atoms with Crippen LogP contribution in [-0.2, 0) is 0 Å². The van der Waals surface area contributed by atoms with Crippen LogP contribution < -0.4 is 10.5 Å². The Morgan fingerprint density at radius 3 is 2.57 bits per heavy atom. The molecule has 2 aromatic carbocycles. The molecule has 112 valence electrons. The first kappa shape index (κ1) is 13.7. The third-order valence-corrected chi connectivity index (χ3v) is 4.18. The molecule has 1 unspecified atom stereocenters. The first-order valence-electron chi connectivity index (χ1n) is 7.03. The molecule has 0 saturated heterocycles. The second-order valence-electron chi connectivity index (χ2n) is 5.27. The van der Waals surface area contributed by atoms with Crippen LogP contribution in [-0.4, -0.2) is 0 Å². The Morgan fingerprint density at radius 1 is 1.09 bits per heavy atom. The highest BCUT2D eigenvalue weighted by Gasteiger charge is 2.35. The Hall–Kier alpha value is -2.90. The van der Waals surface area contributed by atoms with Crippen LogP contribution in [0.15, 0.2) is 64.4 Å². The Morgan fingerprint density at radius 2 is 1.83 bits per heavy atom. The van der Waals surface area contributed by atoms with E-state index in [9.17, 15) is 5.26 Å². The summed E-state index contributed by atoms with van der Waals surface area (Å²) in [6.07, 6.45) is 0. The number of nitrogens with two attached hydrogens (primary N) is 1. The van der Waals surface area contributed by atoms with Crippen molar-refractivity contribution in [2.75, 3.05) is 0 Å². The van der Waals surface area contributed by atoms with E-state index in [2.05, 4.69) is 6.07 Å². The molecule has 2 N–H and O–H groups in total. The van der Waals surface area contributed by atoms with Gasteiger partial charge >= 0.3 is 0 Å². The molecule has 1 aromatic heterocycles. The van der Waals surface area contributed by atoms with Gasteiger partial charge in [-0.25, -0.2) is 0 Å². The van der Waals surface area contributed by atoms with Crippen molar-refractivity contribution in [3.05, 3.63) is 76.3 Å². The molecule has 4 rings (SSSR count). The quantitative estimate of drug-likeness (QED) is 0.724. The van der Waals surface area contributed by atoms with E-state index in [4.69, 9.17) is 26.5 Å². The Balaban J connectivity index is 1.99. The molecule has 0 aliphatic carbocycles. The molecule has 0 fully saturated rings. The largest absolute Gasteiger partial charge is 0.456 e. The standard InChI is InChI=1S/C18H11ClN2O2/c19-11-7-5-10(6-8-11)15-13(9-20)18(21)23-16-12-3-1-2-4-14(12)22-17(15)16/h1-8,15H,21H2. The molecular weight excluding hydrogens is 312 g/mol. The molecule has 3 aromatic rings. The van der Waals surface area contributed by atoms with E-state index < -0.39 is 5.92 Å². The molecular formula is C18H11ClN2O2. The summed E-state index contributed by atoms with van der Waals surface area (Å²) >= 11 is 5.96. The van der Waals surface area contributed by atoms with E-state index in [-0.39, 0.29) is 5.88 Å². The molecule has 0 radical (unpaired) electrons. The highest BCUT2D eigenvalue weighted by molar-refractivity contribution is 6.30. The third kappa shape index (κ3) is 2.06. The lowest BCUT2D eigenvalue weighted by Gasteiger charge is -2.22. The van der Waals surface area contributed by atoms with Crippen molar-refractivity contribution < 1.29 is 9.15 Å². The van der Waals surface area contributed by atoms with Crippen LogP contribution in [0.1, 0.15) is 17.2 Å². The van der Waals surface area contributed by atoms with E-state index in [1.165, 1.54) is 0 Å². The van der Waals surface area contributed by atoms with Gasteiger partial charge in [0.15, 0.2) is 11.5 Å². The van der Waals surface area contributed by atoms with Gasteiger partial charge in [0.05, 0.1) is 11.3 Å². The number of furan rings is 1. The van der Waals surface area contributed by atoms with Crippen molar-refractivity contribution in [2.24, 2.45) is 5.73 Å². The van der Waals surface area contributed by atoms with Gasteiger partial charge in [0.2, 0.25) is 5.88 Å². The van der Waals surface area contributed by atoms with E-state index in [1.807, 2.05) is 36.4 Å². The van der Waals surface area contributed by atoms with Crippen LogP contribution >= 0.6 is 11.6 Å². The Bertz CT molecular complexity index is 980. The van der Waals surface area contributed by atoms with Gasteiger partial charge in [0.25, 0.3) is 0 Å². The fourth-order valence-corrected chi connectivity index (χ4v) is 2.99. The maximum Gasteiger partial charge on any atom is 0.206 e. The fraction of sp³-hybridized carbons (Fsp3) is 0.0556. The fourth-order valence-electron chi connectivity index (χ4n) is 2.87. The van der Waals surface area contributed by atoms with Crippen molar-refractivity contribution in [3.8, 4) is 11.8 Å². The molecule has 1 aliphatic heterocycles. The minimum atomic E-state index is -0.409. The second kappa shape index (κ2) is 5.08. The lowest BCUT2D eigenvalue weighted by Crippen LogP contribution is -2.20. The molecule has 1 atom stereocenters. The maximum atomic E-state index is 9.51. The Kier molecular flexibility index (Phi) is 3.03. The number of nitriles is 1. The summed E-state index contributed by atoms with van der Waals surface area (Å²) in [5.74, 6) is 0.844. The predicted molar refractivity (Wildman–Crippen MR) is 87.0 cm³/mol. The normalized spacial score (nSPS) is 16.8. The van der Waals surface area contributed by atoms with Crippen LogP contribution in [0.3, 0.4) is 0 Å². The van der Waals surface area contributed by atoms with E-state index in [1.54, 1.807) is 12.1 Å². The van der Waals surface area contributed by atoms with E-state index in [0.29, 0.717) is 27.7 Å². The average Bonchev–Trinajstić information content (AvgIpc) is 2.93. The molecule has 2 heterocycles. The minimum absolute atomic E-state index is 0.103. The Labute approximate surface area is 137 Å². The number of hydrogen-bond donors (Lipinski definition) is 1. The number of halogens is 1. The van der Waals surface area contributed by atoms with Crippen molar-refractivity contribution in [3.63, 3.8) is 0 Å². The van der Waals surface area contributed by atoms with Gasteiger partial charge in [-0.2, -0.15) is 5.26 Å². The molecule has 1 aliphatic rings. The number of hydrogen-bond acceptors (Lipinski definition) is 4. The first-order valence-corrected chi connectivity index (χ1v) is 7.41. The molecule has 0 amide bonds. The van der Waals surface area contributed by atoms with Crippen molar-refractivity contribution in [1.29, 1.82) is 5.26 Å². The van der Waals surface area contributed by atoms with Gasteiger partial charge in [-0.15, -0.1) is 0 Å². The molecule has 5 heteroatoms.